The van der Waals surface area contributed by atoms with Crippen LogP contribution in [0.5, 0.6) is 5.75 Å². The molecule has 0 saturated heterocycles. The minimum absolute atomic E-state index is 0.0813. The second-order valence-corrected chi connectivity index (χ2v) is 10.9. The fourth-order valence-electron chi connectivity index (χ4n) is 3.80. The predicted octanol–water partition coefficient (Wildman–Crippen LogP) is 4.92. The van der Waals surface area contributed by atoms with Crippen LogP contribution in [0, 0.1) is 0 Å². The van der Waals surface area contributed by atoms with E-state index in [0.717, 1.165) is 21.8 Å². The maximum atomic E-state index is 13.7. The topological polar surface area (TPSA) is 80.9 Å². The molecule has 6 nitrogen and oxygen atoms in total. The van der Waals surface area contributed by atoms with Crippen LogP contribution in [0.1, 0.15) is 37.9 Å². The number of thioether (sulfide) groups is 1. The van der Waals surface area contributed by atoms with Crippen LogP contribution in [0.25, 0.3) is 6.08 Å². The number of aromatic hydroxyl groups is 1. The van der Waals surface area contributed by atoms with E-state index in [-0.39, 0.29) is 22.4 Å². The summed E-state index contributed by atoms with van der Waals surface area (Å²) >= 11 is 14.9. The third kappa shape index (κ3) is 5.07. The number of benzene rings is 2. The number of thiazole rings is 1. The van der Waals surface area contributed by atoms with Gasteiger partial charge in [-0.3, -0.25) is 9.36 Å². The summed E-state index contributed by atoms with van der Waals surface area (Å²) < 4.78 is 7.33. The summed E-state index contributed by atoms with van der Waals surface area (Å²) in [6.45, 7) is 5.28. The van der Waals surface area contributed by atoms with Crippen molar-refractivity contribution in [2.24, 2.45) is 4.99 Å². The lowest BCUT2D eigenvalue weighted by molar-refractivity contribution is -0.143. The molecule has 0 spiro atoms. The molecule has 35 heavy (non-hydrogen) atoms. The van der Waals surface area contributed by atoms with E-state index in [9.17, 15) is 14.7 Å². The van der Waals surface area contributed by atoms with Crippen molar-refractivity contribution < 1.29 is 14.6 Å². The highest BCUT2D eigenvalue weighted by Crippen LogP contribution is 2.33. The number of hydrogen-bond donors (Lipinski definition) is 1. The second-order valence-electron chi connectivity index (χ2n) is 8.13. The van der Waals surface area contributed by atoms with Crippen LogP contribution in [0.4, 0.5) is 0 Å². The van der Waals surface area contributed by atoms with Crippen LogP contribution >= 0.6 is 46.3 Å². The Morgan fingerprint density at radius 2 is 1.94 bits per heavy atom. The molecular weight excluding hydrogens is 527 g/mol. The standard InChI is InChI=1S/C25H22Cl2N2O4S2/c1-12(2)33-24(32)20-13(3)28-25-29(21(20)14-5-7-17(34-4)8-6-14)23(31)19(35-25)10-15-9-16(26)11-18(27)22(15)30/h5-12,21,30H,1-4H3/b19-10-/t21-/m0/s1. The lowest BCUT2D eigenvalue weighted by atomic mass is 9.96. The second kappa shape index (κ2) is 10.2. The van der Waals surface area contributed by atoms with E-state index in [2.05, 4.69) is 4.99 Å². The summed E-state index contributed by atoms with van der Waals surface area (Å²) in [7, 11) is 0. The highest BCUT2D eigenvalue weighted by atomic mass is 35.5. The molecular formula is C25H22Cl2N2O4S2. The number of allylic oxidation sites excluding steroid dienone is 1. The zero-order valence-electron chi connectivity index (χ0n) is 19.3. The van der Waals surface area contributed by atoms with Gasteiger partial charge in [0.1, 0.15) is 5.75 Å². The normalized spacial score (nSPS) is 15.9. The van der Waals surface area contributed by atoms with Gasteiger partial charge in [0.15, 0.2) is 4.80 Å². The van der Waals surface area contributed by atoms with Gasteiger partial charge in [-0.1, -0.05) is 46.7 Å². The van der Waals surface area contributed by atoms with Crippen LogP contribution in [0.15, 0.2) is 62.4 Å². The first-order chi connectivity index (χ1) is 16.6. The van der Waals surface area contributed by atoms with E-state index in [4.69, 9.17) is 27.9 Å². The largest absolute Gasteiger partial charge is 0.506 e. The quantitative estimate of drug-likeness (QED) is 0.361. The van der Waals surface area contributed by atoms with Crippen molar-refractivity contribution in [1.82, 2.24) is 4.57 Å². The minimum Gasteiger partial charge on any atom is -0.506 e. The van der Waals surface area contributed by atoms with Gasteiger partial charge in [0.05, 0.1) is 33.0 Å². The Hall–Kier alpha value is -2.52. The fraction of sp³-hybridized carbons (Fsp3) is 0.240. The van der Waals surface area contributed by atoms with E-state index >= 15 is 0 Å². The lowest BCUT2D eigenvalue weighted by Crippen LogP contribution is -2.40. The first-order valence-corrected chi connectivity index (χ1v) is 13.5. The van der Waals surface area contributed by atoms with Crippen molar-refractivity contribution in [1.29, 1.82) is 0 Å². The van der Waals surface area contributed by atoms with Gasteiger partial charge in [-0.25, -0.2) is 9.79 Å². The lowest BCUT2D eigenvalue weighted by Gasteiger charge is -2.25. The van der Waals surface area contributed by atoms with E-state index < -0.39 is 12.0 Å². The summed E-state index contributed by atoms with van der Waals surface area (Å²) in [5.41, 5.74) is 1.50. The number of rotatable bonds is 5. The van der Waals surface area contributed by atoms with E-state index in [1.807, 2.05) is 30.5 Å². The molecule has 1 atom stereocenters. The molecule has 1 aromatic heterocycles. The highest BCUT2D eigenvalue weighted by molar-refractivity contribution is 7.98. The van der Waals surface area contributed by atoms with Gasteiger partial charge in [-0.2, -0.15) is 0 Å². The van der Waals surface area contributed by atoms with E-state index in [1.165, 1.54) is 22.8 Å². The van der Waals surface area contributed by atoms with Crippen molar-refractivity contribution in [3.05, 3.63) is 88.5 Å². The van der Waals surface area contributed by atoms with Gasteiger partial charge >= 0.3 is 5.97 Å². The van der Waals surface area contributed by atoms with E-state index in [1.54, 1.807) is 32.5 Å². The van der Waals surface area contributed by atoms with Gasteiger partial charge in [0.2, 0.25) is 0 Å². The summed E-state index contributed by atoms with van der Waals surface area (Å²) in [5.74, 6) is -0.697. The zero-order valence-corrected chi connectivity index (χ0v) is 22.5. The average molecular weight is 550 g/mol. The number of phenols is 1. The first kappa shape index (κ1) is 25.6. The van der Waals surface area contributed by atoms with Crippen molar-refractivity contribution in [3.8, 4) is 5.75 Å². The molecule has 1 aliphatic rings. The van der Waals surface area contributed by atoms with Gasteiger partial charge < -0.3 is 9.84 Å². The van der Waals surface area contributed by atoms with Gasteiger partial charge in [-0.05, 0) is 62.9 Å². The van der Waals surface area contributed by atoms with Crippen LogP contribution < -0.4 is 14.9 Å². The molecule has 0 aliphatic carbocycles. The van der Waals surface area contributed by atoms with Gasteiger partial charge in [0, 0.05) is 15.5 Å². The molecule has 0 unspecified atom stereocenters. The monoisotopic (exact) mass is 548 g/mol. The van der Waals surface area contributed by atoms with Crippen LogP contribution in [-0.4, -0.2) is 28.0 Å². The number of ether oxygens (including phenoxy) is 1. The molecule has 0 radical (unpaired) electrons. The molecule has 2 heterocycles. The Bertz CT molecular complexity index is 1520. The van der Waals surface area contributed by atoms with E-state index in [0.29, 0.717) is 31.2 Å². The SMILES string of the molecule is CSc1ccc([C@H]2C(C(=O)OC(C)C)=C(C)N=c3s/c(=C\c4cc(Cl)cc(Cl)c4O)c(=O)n32)cc1. The third-order valence-corrected chi connectivity index (χ3v) is 7.59. The molecule has 0 saturated carbocycles. The molecule has 10 heteroatoms. The van der Waals surface area contributed by atoms with Gasteiger partial charge in [0.25, 0.3) is 5.56 Å². The molecule has 3 aromatic rings. The number of carbonyl (C=O) groups is 1. The Balaban J connectivity index is 1.96. The number of nitrogens with zero attached hydrogens (tertiary/aromatic N) is 2. The van der Waals surface area contributed by atoms with Crippen molar-refractivity contribution in [2.75, 3.05) is 6.26 Å². The van der Waals surface area contributed by atoms with Crippen LogP contribution in [0.3, 0.4) is 0 Å². The summed E-state index contributed by atoms with van der Waals surface area (Å²) in [6.07, 6.45) is 3.17. The summed E-state index contributed by atoms with van der Waals surface area (Å²) in [4.78, 5) is 32.9. The Labute approximate surface area is 220 Å². The van der Waals surface area contributed by atoms with Crippen LogP contribution in [0.2, 0.25) is 10.0 Å². The number of carbonyl (C=O) groups excluding carboxylic acids is 1. The van der Waals surface area contributed by atoms with Crippen molar-refractivity contribution >= 4 is 58.3 Å². The molecule has 4 rings (SSSR count). The number of halogens is 2. The molecule has 2 aromatic carbocycles. The number of esters is 1. The minimum atomic E-state index is -0.716. The smallest absolute Gasteiger partial charge is 0.338 e. The number of phenolic OH excluding ortho intramolecular Hbond substituents is 1. The Kier molecular flexibility index (Phi) is 7.47. The Morgan fingerprint density at radius 1 is 1.26 bits per heavy atom. The van der Waals surface area contributed by atoms with Crippen LogP contribution in [-0.2, 0) is 9.53 Å². The molecule has 182 valence electrons. The Morgan fingerprint density at radius 3 is 2.57 bits per heavy atom. The molecule has 0 fully saturated rings. The zero-order chi connectivity index (χ0) is 25.4. The average Bonchev–Trinajstić information content (AvgIpc) is 3.10. The summed E-state index contributed by atoms with van der Waals surface area (Å²) in [5, 5.41) is 10.8. The van der Waals surface area contributed by atoms with Crippen molar-refractivity contribution in [3.63, 3.8) is 0 Å². The molecule has 1 aliphatic heterocycles. The summed E-state index contributed by atoms with van der Waals surface area (Å²) in [6, 6.07) is 9.93. The molecule has 0 amide bonds. The number of fused-ring (bicyclic) bond motifs is 1. The third-order valence-electron chi connectivity index (χ3n) is 5.36. The molecule has 1 N–H and O–H groups in total. The fourth-order valence-corrected chi connectivity index (χ4v) is 5.75. The molecule has 0 bridgehead atoms. The number of hydrogen-bond acceptors (Lipinski definition) is 7. The first-order valence-electron chi connectivity index (χ1n) is 10.7. The highest BCUT2D eigenvalue weighted by Gasteiger charge is 2.33. The predicted molar refractivity (Wildman–Crippen MR) is 141 cm³/mol. The number of aromatic nitrogens is 1. The maximum absolute atomic E-state index is 13.7. The maximum Gasteiger partial charge on any atom is 0.338 e. The van der Waals surface area contributed by atoms with Gasteiger partial charge in [-0.15, -0.1) is 11.8 Å². The van der Waals surface area contributed by atoms with Crippen molar-refractivity contribution in [2.45, 2.75) is 37.8 Å².